The van der Waals surface area contributed by atoms with Crippen LogP contribution in [0.1, 0.15) is 29.6 Å². The van der Waals surface area contributed by atoms with Crippen molar-refractivity contribution in [2.24, 2.45) is 5.92 Å². The van der Waals surface area contributed by atoms with Gasteiger partial charge in [-0.3, -0.25) is 4.79 Å². The largest absolute Gasteiger partial charge is 0.340 e. The van der Waals surface area contributed by atoms with E-state index in [4.69, 9.17) is 0 Å². The van der Waals surface area contributed by atoms with E-state index in [2.05, 4.69) is 40.1 Å². The number of carbonyl (C=O) groups excluding carboxylic acids is 1. The molecule has 3 nitrogen and oxygen atoms in total. The number of likely N-dealkylation sites (tertiary alicyclic amines) is 1. The van der Waals surface area contributed by atoms with Gasteiger partial charge < -0.3 is 9.80 Å². The zero-order chi connectivity index (χ0) is 16.4. The summed E-state index contributed by atoms with van der Waals surface area (Å²) in [6.45, 7) is 3.93. The first-order valence-corrected chi connectivity index (χ1v) is 9.01. The molecule has 24 heavy (non-hydrogen) atoms. The Bertz CT molecular complexity index is 707. The molecule has 3 heteroatoms. The SMILES string of the molecule is O=C1c2ccccc2N(c2ccccc2)CC1CN1CCCCC1. The normalized spacial score (nSPS) is 21.6. The molecule has 1 atom stereocenters. The number of piperidine rings is 1. The molecule has 2 aromatic carbocycles. The number of Topliss-reactive ketones (excluding diaryl/α,β-unsaturated/α-hetero) is 1. The molecule has 0 aliphatic carbocycles. The number of fused-ring (bicyclic) bond motifs is 1. The highest BCUT2D eigenvalue weighted by Gasteiger charge is 2.33. The first kappa shape index (κ1) is 15.4. The Morgan fingerprint density at radius 2 is 1.58 bits per heavy atom. The van der Waals surface area contributed by atoms with E-state index in [0.717, 1.165) is 37.4 Å². The lowest BCUT2D eigenvalue weighted by Crippen LogP contribution is -2.44. The van der Waals surface area contributed by atoms with Gasteiger partial charge in [0.15, 0.2) is 5.78 Å². The Morgan fingerprint density at radius 1 is 0.875 bits per heavy atom. The summed E-state index contributed by atoms with van der Waals surface area (Å²) in [6.07, 6.45) is 3.86. The van der Waals surface area contributed by atoms with E-state index in [1.807, 2.05) is 24.3 Å². The van der Waals surface area contributed by atoms with Crippen LogP contribution in [0.15, 0.2) is 54.6 Å². The van der Waals surface area contributed by atoms with E-state index in [1.165, 1.54) is 24.9 Å². The van der Waals surface area contributed by atoms with Crippen molar-refractivity contribution in [2.75, 3.05) is 31.1 Å². The molecule has 0 bridgehead atoms. The Labute approximate surface area is 143 Å². The van der Waals surface area contributed by atoms with Gasteiger partial charge in [0, 0.05) is 24.3 Å². The summed E-state index contributed by atoms with van der Waals surface area (Å²) >= 11 is 0. The summed E-state index contributed by atoms with van der Waals surface area (Å²) in [4.78, 5) is 17.8. The van der Waals surface area contributed by atoms with Gasteiger partial charge in [-0.05, 0) is 50.2 Å². The molecule has 2 aromatic rings. The van der Waals surface area contributed by atoms with Gasteiger partial charge in [-0.15, -0.1) is 0 Å². The maximum atomic E-state index is 13.0. The Hall–Kier alpha value is -2.13. The lowest BCUT2D eigenvalue weighted by Gasteiger charge is -2.38. The molecule has 0 radical (unpaired) electrons. The van der Waals surface area contributed by atoms with Crippen molar-refractivity contribution in [3.63, 3.8) is 0 Å². The number of benzene rings is 2. The Morgan fingerprint density at radius 3 is 2.38 bits per heavy atom. The van der Waals surface area contributed by atoms with Crippen LogP contribution >= 0.6 is 0 Å². The summed E-state index contributed by atoms with van der Waals surface area (Å²) in [5, 5.41) is 0. The van der Waals surface area contributed by atoms with Crippen molar-refractivity contribution in [1.29, 1.82) is 0 Å². The number of para-hydroxylation sites is 2. The molecular weight excluding hydrogens is 296 g/mol. The molecule has 0 amide bonds. The highest BCUT2D eigenvalue weighted by Crippen LogP contribution is 2.35. The van der Waals surface area contributed by atoms with Crippen LogP contribution in [-0.2, 0) is 0 Å². The van der Waals surface area contributed by atoms with Crippen molar-refractivity contribution < 1.29 is 4.79 Å². The quantitative estimate of drug-likeness (QED) is 0.850. The molecule has 1 unspecified atom stereocenters. The van der Waals surface area contributed by atoms with E-state index in [9.17, 15) is 4.79 Å². The summed E-state index contributed by atoms with van der Waals surface area (Å²) in [7, 11) is 0. The van der Waals surface area contributed by atoms with Gasteiger partial charge >= 0.3 is 0 Å². The third-order valence-electron chi connectivity index (χ3n) is 5.23. The number of ketones is 1. The molecule has 0 spiro atoms. The predicted molar refractivity (Wildman–Crippen MR) is 98.0 cm³/mol. The van der Waals surface area contributed by atoms with Gasteiger partial charge in [-0.2, -0.15) is 0 Å². The fourth-order valence-electron chi connectivity index (χ4n) is 3.99. The fourth-order valence-corrected chi connectivity index (χ4v) is 3.99. The number of anilines is 2. The minimum atomic E-state index is 0.0539. The van der Waals surface area contributed by atoms with Crippen LogP contribution < -0.4 is 4.90 Å². The van der Waals surface area contributed by atoms with Gasteiger partial charge in [-0.1, -0.05) is 36.8 Å². The fraction of sp³-hybridized carbons (Fsp3) is 0.381. The van der Waals surface area contributed by atoms with E-state index < -0.39 is 0 Å². The topological polar surface area (TPSA) is 23.6 Å². The van der Waals surface area contributed by atoms with Crippen LogP contribution in [0.3, 0.4) is 0 Å². The zero-order valence-electron chi connectivity index (χ0n) is 14.0. The number of hydrogen-bond acceptors (Lipinski definition) is 3. The van der Waals surface area contributed by atoms with Crippen molar-refractivity contribution in [3.05, 3.63) is 60.2 Å². The van der Waals surface area contributed by atoms with Crippen LogP contribution in [0.2, 0.25) is 0 Å². The van der Waals surface area contributed by atoms with Crippen molar-refractivity contribution >= 4 is 17.2 Å². The summed E-state index contributed by atoms with van der Waals surface area (Å²) in [5.74, 6) is 0.363. The monoisotopic (exact) mass is 320 g/mol. The van der Waals surface area contributed by atoms with Crippen molar-refractivity contribution in [3.8, 4) is 0 Å². The minimum Gasteiger partial charge on any atom is -0.340 e. The molecule has 2 heterocycles. The highest BCUT2D eigenvalue weighted by molar-refractivity contribution is 6.06. The third kappa shape index (κ3) is 2.96. The van der Waals surface area contributed by atoms with Crippen LogP contribution in [0.25, 0.3) is 0 Å². The molecule has 0 aromatic heterocycles. The van der Waals surface area contributed by atoms with Crippen LogP contribution in [-0.4, -0.2) is 36.9 Å². The molecule has 0 saturated carbocycles. The van der Waals surface area contributed by atoms with E-state index in [-0.39, 0.29) is 5.92 Å². The zero-order valence-corrected chi connectivity index (χ0v) is 14.0. The predicted octanol–water partition coefficient (Wildman–Crippen LogP) is 4.12. The number of hydrogen-bond donors (Lipinski definition) is 0. The smallest absolute Gasteiger partial charge is 0.171 e. The van der Waals surface area contributed by atoms with Crippen LogP contribution in [0, 0.1) is 5.92 Å². The number of nitrogens with zero attached hydrogens (tertiary/aromatic N) is 2. The molecule has 1 fully saturated rings. The lowest BCUT2D eigenvalue weighted by atomic mass is 9.89. The average molecular weight is 320 g/mol. The summed E-state index contributed by atoms with van der Waals surface area (Å²) in [5.41, 5.74) is 3.08. The molecule has 0 N–H and O–H groups in total. The first-order chi connectivity index (χ1) is 11.8. The van der Waals surface area contributed by atoms with E-state index in [0.29, 0.717) is 5.78 Å². The van der Waals surface area contributed by atoms with Gasteiger partial charge in [0.05, 0.1) is 11.6 Å². The minimum absolute atomic E-state index is 0.0539. The van der Waals surface area contributed by atoms with Gasteiger partial charge in [-0.25, -0.2) is 0 Å². The van der Waals surface area contributed by atoms with Crippen molar-refractivity contribution in [2.45, 2.75) is 19.3 Å². The molecule has 1 saturated heterocycles. The van der Waals surface area contributed by atoms with Gasteiger partial charge in [0.1, 0.15) is 0 Å². The highest BCUT2D eigenvalue weighted by atomic mass is 16.1. The van der Waals surface area contributed by atoms with Crippen LogP contribution in [0.4, 0.5) is 11.4 Å². The number of carbonyl (C=O) groups is 1. The first-order valence-electron chi connectivity index (χ1n) is 9.01. The van der Waals surface area contributed by atoms with Crippen molar-refractivity contribution in [1.82, 2.24) is 4.90 Å². The summed E-state index contributed by atoms with van der Waals surface area (Å²) < 4.78 is 0. The molecule has 2 aliphatic rings. The standard InChI is InChI=1S/C21H24N2O/c24-21-17(15-22-13-7-2-8-14-22)16-23(18-9-3-1-4-10-18)20-12-6-5-11-19(20)21/h1,3-6,9-12,17H,2,7-8,13-16H2. The van der Waals surface area contributed by atoms with Gasteiger partial charge in [0.2, 0.25) is 0 Å². The number of rotatable bonds is 3. The Balaban J connectivity index is 1.65. The second-order valence-electron chi connectivity index (χ2n) is 6.89. The van der Waals surface area contributed by atoms with Gasteiger partial charge in [0.25, 0.3) is 0 Å². The lowest BCUT2D eigenvalue weighted by molar-refractivity contribution is 0.0867. The summed E-state index contributed by atoms with van der Waals surface area (Å²) in [6, 6.07) is 18.5. The second kappa shape index (κ2) is 6.78. The van der Waals surface area contributed by atoms with E-state index in [1.54, 1.807) is 0 Å². The Kier molecular flexibility index (Phi) is 4.35. The average Bonchev–Trinajstić information content (AvgIpc) is 2.66. The molecule has 2 aliphatic heterocycles. The second-order valence-corrected chi connectivity index (χ2v) is 6.89. The maximum absolute atomic E-state index is 13.0. The molecule has 4 rings (SSSR count). The molecule has 124 valence electrons. The van der Waals surface area contributed by atoms with Crippen LogP contribution in [0.5, 0.6) is 0 Å². The third-order valence-corrected chi connectivity index (χ3v) is 5.23. The van der Waals surface area contributed by atoms with E-state index >= 15 is 0 Å². The molecular formula is C21H24N2O. The maximum Gasteiger partial charge on any atom is 0.171 e.